The minimum absolute atomic E-state index is 0.0335. The Morgan fingerprint density at radius 1 is 1.32 bits per heavy atom. The summed E-state index contributed by atoms with van der Waals surface area (Å²) in [5.74, 6) is 0.254. The maximum absolute atomic E-state index is 12.2. The zero-order valence-corrected chi connectivity index (χ0v) is 11.9. The van der Waals surface area contributed by atoms with E-state index in [4.69, 9.17) is 0 Å². The number of H-pyrrole nitrogens is 1. The first-order valence-electron chi connectivity index (χ1n) is 6.64. The highest BCUT2D eigenvalue weighted by atomic mass is 16.1. The molecule has 0 unspecified atom stereocenters. The van der Waals surface area contributed by atoms with Crippen LogP contribution in [0.25, 0.3) is 5.69 Å². The summed E-state index contributed by atoms with van der Waals surface area (Å²) in [7, 11) is 0. The van der Waals surface area contributed by atoms with Crippen LogP contribution in [0, 0.1) is 19.3 Å². The number of nitrogens with one attached hydrogen (secondary N) is 1. The molecule has 0 radical (unpaired) electrons. The zero-order valence-electron chi connectivity index (χ0n) is 11.9. The second-order valence-corrected chi connectivity index (χ2v) is 6.27. The van der Waals surface area contributed by atoms with Crippen molar-refractivity contribution in [3.8, 4) is 5.69 Å². The molecule has 3 rings (SSSR count). The minimum Gasteiger partial charge on any atom is -0.317 e. The van der Waals surface area contributed by atoms with Crippen LogP contribution in [0.5, 0.6) is 0 Å². The number of hydrogen-bond acceptors (Lipinski definition) is 2. The summed E-state index contributed by atoms with van der Waals surface area (Å²) in [4.78, 5) is 12.2. The Kier molecular flexibility index (Phi) is 2.46. The van der Waals surface area contributed by atoms with Crippen LogP contribution in [0.4, 0.5) is 0 Å². The molecule has 0 saturated carbocycles. The lowest BCUT2D eigenvalue weighted by atomic mass is 9.76. The van der Waals surface area contributed by atoms with Crippen LogP contribution in [0.1, 0.15) is 47.7 Å². The molecule has 0 aromatic carbocycles. The van der Waals surface area contributed by atoms with Crippen molar-refractivity contribution in [2.24, 2.45) is 5.41 Å². The monoisotopic (exact) mass is 257 g/mol. The lowest BCUT2D eigenvalue weighted by Crippen LogP contribution is -2.27. The summed E-state index contributed by atoms with van der Waals surface area (Å²) < 4.78 is 2.13. The molecule has 0 fully saturated rings. The van der Waals surface area contributed by atoms with Gasteiger partial charge in [-0.3, -0.25) is 9.89 Å². The fraction of sp³-hybridized carbons (Fsp3) is 0.467. The van der Waals surface area contributed by atoms with Gasteiger partial charge in [0.05, 0.1) is 17.1 Å². The SMILES string of the molecule is Cc1n[nH]c(C)c1-n1ccc2c1CC(C)(C)CC2=O. The third-order valence-corrected chi connectivity index (χ3v) is 3.91. The number of fused-ring (bicyclic) bond motifs is 1. The molecule has 4 heteroatoms. The van der Waals surface area contributed by atoms with Crippen LogP contribution in [-0.4, -0.2) is 20.5 Å². The summed E-state index contributed by atoms with van der Waals surface area (Å²) >= 11 is 0. The van der Waals surface area contributed by atoms with Crippen LogP contribution in [0.15, 0.2) is 12.3 Å². The fourth-order valence-corrected chi connectivity index (χ4v) is 3.05. The second-order valence-electron chi connectivity index (χ2n) is 6.27. The van der Waals surface area contributed by atoms with E-state index in [2.05, 4.69) is 28.6 Å². The molecule has 0 aliphatic heterocycles. The van der Waals surface area contributed by atoms with Crippen molar-refractivity contribution in [2.45, 2.75) is 40.5 Å². The molecule has 0 saturated heterocycles. The highest BCUT2D eigenvalue weighted by molar-refractivity contribution is 5.99. The quantitative estimate of drug-likeness (QED) is 0.853. The number of aromatic nitrogens is 3. The normalized spacial score (nSPS) is 17.6. The number of aryl methyl sites for hydroxylation is 2. The van der Waals surface area contributed by atoms with Crippen molar-refractivity contribution in [1.29, 1.82) is 0 Å². The minimum atomic E-state index is 0.0335. The molecule has 100 valence electrons. The van der Waals surface area contributed by atoms with E-state index in [0.717, 1.165) is 34.8 Å². The van der Waals surface area contributed by atoms with Crippen LogP contribution in [0.3, 0.4) is 0 Å². The summed E-state index contributed by atoms with van der Waals surface area (Å²) in [6, 6.07) is 1.94. The van der Waals surface area contributed by atoms with Crippen LogP contribution in [-0.2, 0) is 6.42 Å². The van der Waals surface area contributed by atoms with E-state index in [1.807, 2.05) is 26.1 Å². The molecule has 0 atom stereocenters. The van der Waals surface area contributed by atoms with Crippen LogP contribution in [0.2, 0.25) is 0 Å². The molecular formula is C15H19N3O. The first-order valence-corrected chi connectivity index (χ1v) is 6.64. The van der Waals surface area contributed by atoms with Gasteiger partial charge in [-0.1, -0.05) is 13.8 Å². The van der Waals surface area contributed by atoms with E-state index in [9.17, 15) is 4.79 Å². The highest BCUT2D eigenvalue weighted by Gasteiger charge is 2.33. The first kappa shape index (κ1) is 12.2. The van der Waals surface area contributed by atoms with Crippen molar-refractivity contribution in [1.82, 2.24) is 14.8 Å². The van der Waals surface area contributed by atoms with Gasteiger partial charge in [0, 0.05) is 23.9 Å². The van der Waals surface area contributed by atoms with Gasteiger partial charge in [0.1, 0.15) is 0 Å². The molecule has 0 spiro atoms. The third kappa shape index (κ3) is 1.82. The van der Waals surface area contributed by atoms with Crippen molar-refractivity contribution >= 4 is 5.78 Å². The Hall–Kier alpha value is -1.84. The van der Waals surface area contributed by atoms with E-state index in [-0.39, 0.29) is 11.2 Å². The number of carbonyl (C=O) groups excluding carboxylic acids is 1. The van der Waals surface area contributed by atoms with Gasteiger partial charge in [0.25, 0.3) is 0 Å². The van der Waals surface area contributed by atoms with Gasteiger partial charge >= 0.3 is 0 Å². The van der Waals surface area contributed by atoms with Gasteiger partial charge in [-0.05, 0) is 31.7 Å². The fourth-order valence-electron chi connectivity index (χ4n) is 3.05. The molecule has 0 amide bonds. The van der Waals surface area contributed by atoms with Crippen LogP contribution >= 0.6 is 0 Å². The molecule has 1 aliphatic carbocycles. The molecule has 2 heterocycles. The third-order valence-electron chi connectivity index (χ3n) is 3.91. The average molecular weight is 257 g/mol. The molecule has 1 aliphatic rings. The van der Waals surface area contributed by atoms with E-state index in [0.29, 0.717) is 6.42 Å². The standard InChI is InChI=1S/C15H19N3O/c1-9-14(10(2)17-16-9)18-6-5-11-12(18)7-15(3,4)8-13(11)19/h5-6H,7-8H2,1-4H3,(H,16,17). The average Bonchev–Trinajstić information content (AvgIpc) is 2.82. The Bertz CT molecular complexity index is 641. The Labute approximate surface area is 112 Å². The summed E-state index contributed by atoms with van der Waals surface area (Å²) in [6.45, 7) is 8.30. The van der Waals surface area contributed by atoms with E-state index >= 15 is 0 Å². The van der Waals surface area contributed by atoms with Gasteiger partial charge in [-0.25, -0.2) is 0 Å². The van der Waals surface area contributed by atoms with Gasteiger partial charge < -0.3 is 4.57 Å². The highest BCUT2D eigenvalue weighted by Crippen LogP contribution is 2.36. The van der Waals surface area contributed by atoms with Gasteiger partial charge in [0.15, 0.2) is 5.78 Å². The van der Waals surface area contributed by atoms with Gasteiger partial charge in [0.2, 0.25) is 0 Å². The van der Waals surface area contributed by atoms with Gasteiger partial charge in [-0.15, -0.1) is 0 Å². The summed E-state index contributed by atoms with van der Waals surface area (Å²) in [5.41, 5.74) is 5.10. The topological polar surface area (TPSA) is 50.7 Å². The predicted octanol–water partition coefficient (Wildman–Crippen LogP) is 2.97. The smallest absolute Gasteiger partial charge is 0.165 e. The van der Waals surface area contributed by atoms with E-state index in [1.54, 1.807) is 0 Å². The number of Topliss-reactive ketones (excluding diaryl/α,β-unsaturated/α-hetero) is 1. The molecule has 4 nitrogen and oxygen atoms in total. The van der Waals surface area contributed by atoms with Gasteiger partial charge in [-0.2, -0.15) is 5.10 Å². The maximum atomic E-state index is 12.2. The lowest BCUT2D eigenvalue weighted by molar-refractivity contribution is 0.0911. The summed E-state index contributed by atoms with van der Waals surface area (Å²) in [5, 5.41) is 7.25. The first-order chi connectivity index (χ1) is 8.89. The Balaban J connectivity index is 2.19. The Morgan fingerprint density at radius 3 is 2.68 bits per heavy atom. The van der Waals surface area contributed by atoms with E-state index in [1.165, 1.54) is 0 Å². The van der Waals surface area contributed by atoms with Crippen molar-refractivity contribution in [3.05, 3.63) is 34.9 Å². The number of aromatic amines is 1. The molecule has 0 bridgehead atoms. The maximum Gasteiger partial charge on any atom is 0.165 e. The molecular weight excluding hydrogens is 238 g/mol. The molecule has 1 N–H and O–H groups in total. The number of rotatable bonds is 1. The van der Waals surface area contributed by atoms with Crippen molar-refractivity contribution in [2.75, 3.05) is 0 Å². The lowest BCUT2D eigenvalue weighted by Gasteiger charge is -2.29. The molecule has 2 aromatic heterocycles. The molecule has 2 aromatic rings. The Morgan fingerprint density at radius 2 is 2.05 bits per heavy atom. The number of nitrogens with zero attached hydrogens (tertiary/aromatic N) is 2. The zero-order chi connectivity index (χ0) is 13.8. The second kappa shape index (κ2) is 3.83. The van der Waals surface area contributed by atoms with Crippen molar-refractivity contribution in [3.63, 3.8) is 0 Å². The van der Waals surface area contributed by atoms with E-state index < -0.39 is 0 Å². The predicted molar refractivity (Wildman–Crippen MR) is 73.8 cm³/mol. The van der Waals surface area contributed by atoms with Crippen molar-refractivity contribution < 1.29 is 4.79 Å². The number of ketones is 1. The van der Waals surface area contributed by atoms with Crippen LogP contribution < -0.4 is 0 Å². The largest absolute Gasteiger partial charge is 0.317 e. The molecule has 19 heavy (non-hydrogen) atoms. The number of carbonyl (C=O) groups is 1. The summed E-state index contributed by atoms with van der Waals surface area (Å²) in [6.07, 6.45) is 3.55. The number of hydrogen-bond donors (Lipinski definition) is 1.